The monoisotopic (exact) mass is 422 g/mol. The van der Waals surface area contributed by atoms with E-state index in [2.05, 4.69) is 20.6 Å². The molecule has 0 radical (unpaired) electrons. The van der Waals surface area contributed by atoms with Gasteiger partial charge in [0.05, 0.1) is 5.69 Å². The molecule has 0 spiro atoms. The third kappa shape index (κ3) is 5.05. The van der Waals surface area contributed by atoms with Crippen molar-refractivity contribution >= 4 is 17.5 Å². The summed E-state index contributed by atoms with van der Waals surface area (Å²) >= 11 is 0. The lowest BCUT2D eigenvalue weighted by Gasteiger charge is -2.11. The minimum Gasteiger partial charge on any atom is -0.347 e. The second kappa shape index (κ2) is 9.66. The van der Waals surface area contributed by atoms with Gasteiger partial charge in [-0.2, -0.15) is 0 Å². The fraction of sp³-hybridized carbons (Fsp3) is 0.0769. The molecule has 0 atom stereocenters. The van der Waals surface area contributed by atoms with Crippen LogP contribution in [-0.2, 0) is 6.54 Å². The molecule has 0 unspecified atom stereocenters. The quantitative estimate of drug-likeness (QED) is 0.474. The van der Waals surface area contributed by atoms with Gasteiger partial charge in [-0.15, -0.1) is 0 Å². The van der Waals surface area contributed by atoms with Crippen LogP contribution in [-0.4, -0.2) is 21.8 Å². The predicted molar refractivity (Wildman–Crippen MR) is 124 cm³/mol. The van der Waals surface area contributed by atoms with Gasteiger partial charge in [0, 0.05) is 35.8 Å². The lowest BCUT2D eigenvalue weighted by Crippen LogP contribution is -2.23. The van der Waals surface area contributed by atoms with Gasteiger partial charge < -0.3 is 10.6 Å². The van der Waals surface area contributed by atoms with Crippen molar-refractivity contribution in [2.24, 2.45) is 0 Å². The second-order valence-electron chi connectivity index (χ2n) is 7.29. The van der Waals surface area contributed by atoms with Gasteiger partial charge in [0.1, 0.15) is 5.69 Å². The van der Waals surface area contributed by atoms with Crippen molar-refractivity contribution in [2.75, 3.05) is 5.32 Å². The van der Waals surface area contributed by atoms with Crippen molar-refractivity contribution < 1.29 is 9.59 Å². The molecule has 0 bridgehead atoms. The highest BCUT2D eigenvalue weighted by Crippen LogP contribution is 2.25. The number of nitrogens with zero attached hydrogens (tertiary/aromatic N) is 2. The molecule has 0 aliphatic carbocycles. The summed E-state index contributed by atoms with van der Waals surface area (Å²) in [6.07, 6.45) is 3.33. The number of pyridine rings is 2. The van der Waals surface area contributed by atoms with Gasteiger partial charge in [-0.05, 0) is 66.6 Å². The summed E-state index contributed by atoms with van der Waals surface area (Å²) in [5.74, 6) is -0.444. The minimum absolute atomic E-state index is 0.204. The molecule has 2 aromatic carbocycles. The highest BCUT2D eigenvalue weighted by Gasteiger charge is 2.10. The number of rotatable bonds is 6. The SMILES string of the molecule is Cc1ccc(NC(=O)c2ccc(CNC(=O)c3ccccn3)cc2)cc1-c1ccccn1. The molecule has 4 rings (SSSR count). The summed E-state index contributed by atoms with van der Waals surface area (Å²) < 4.78 is 0. The van der Waals surface area contributed by atoms with Crippen LogP contribution in [0.5, 0.6) is 0 Å². The van der Waals surface area contributed by atoms with Gasteiger partial charge in [0.25, 0.3) is 11.8 Å². The van der Waals surface area contributed by atoms with Crippen molar-refractivity contribution in [3.05, 3.63) is 114 Å². The van der Waals surface area contributed by atoms with E-state index < -0.39 is 0 Å². The first-order valence-corrected chi connectivity index (χ1v) is 10.2. The summed E-state index contributed by atoms with van der Waals surface area (Å²) in [6, 6.07) is 23.8. The van der Waals surface area contributed by atoms with Crippen LogP contribution in [0.4, 0.5) is 5.69 Å². The Kier molecular flexibility index (Phi) is 6.32. The molecule has 2 amide bonds. The second-order valence-corrected chi connectivity index (χ2v) is 7.29. The van der Waals surface area contributed by atoms with E-state index in [0.717, 1.165) is 22.4 Å². The fourth-order valence-electron chi connectivity index (χ4n) is 3.25. The molecule has 0 aliphatic rings. The Morgan fingerprint density at radius 3 is 2.25 bits per heavy atom. The van der Waals surface area contributed by atoms with E-state index in [-0.39, 0.29) is 11.8 Å². The maximum absolute atomic E-state index is 12.7. The van der Waals surface area contributed by atoms with E-state index in [4.69, 9.17) is 0 Å². The molecule has 0 fully saturated rings. The molecule has 32 heavy (non-hydrogen) atoms. The summed E-state index contributed by atoms with van der Waals surface area (Å²) in [6.45, 7) is 2.36. The average Bonchev–Trinajstić information content (AvgIpc) is 2.85. The zero-order valence-electron chi connectivity index (χ0n) is 17.6. The van der Waals surface area contributed by atoms with E-state index in [1.165, 1.54) is 0 Å². The Hall–Kier alpha value is -4.32. The molecule has 0 aliphatic heterocycles. The van der Waals surface area contributed by atoms with Crippen LogP contribution in [0.3, 0.4) is 0 Å². The number of aromatic nitrogens is 2. The van der Waals surface area contributed by atoms with Gasteiger partial charge in [-0.3, -0.25) is 19.6 Å². The van der Waals surface area contributed by atoms with Crippen molar-refractivity contribution in [1.82, 2.24) is 15.3 Å². The van der Waals surface area contributed by atoms with Crippen molar-refractivity contribution in [1.29, 1.82) is 0 Å². The topological polar surface area (TPSA) is 84.0 Å². The van der Waals surface area contributed by atoms with Gasteiger partial charge in [0.2, 0.25) is 0 Å². The Morgan fingerprint density at radius 2 is 1.56 bits per heavy atom. The Balaban J connectivity index is 1.39. The normalized spacial score (nSPS) is 10.4. The summed E-state index contributed by atoms with van der Waals surface area (Å²) in [7, 11) is 0. The third-order valence-corrected chi connectivity index (χ3v) is 5.00. The lowest BCUT2D eigenvalue weighted by molar-refractivity contribution is 0.0945. The number of benzene rings is 2. The van der Waals surface area contributed by atoms with Gasteiger partial charge >= 0.3 is 0 Å². The molecule has 4 aromatic rings. The maximum atomic E-state index is 12.7. The van der Waals surface area contributed by atoms with Crippen LogP contribution < -0.4 is 10.6 Å². The highest BCUT2D eigenvalue weighted by molar-refractivity contribution is 6.04. The predicted octanol–water partition coefficient (Wildman–Crippen LogP) is 4.63. The molecular formula is C26H22N4O2. The molecule has 2 N–H and O–H groups in total. The standard InChI is InChI=1S/C26H22N4O2/c1-18-8-13-21(16-22(18)23-6-2-4-14-27-23)30-25(31)20-11-9-19(10-12-20)17-29-26(32)24-7-3-5-15-28-24/h2-16H,17H2,1H3,(H,29,32)(H,30,31). The van der Waals surface area contributed by atoms with Crippen LogP contribution in [0, 0.1) is 6.92 Å². The number of aryl methyl sites for hydroxylation is 1. The van der Waals surface area contributed by atoms with E-state index in [1.807, 2.05) is 55.5 Å². The van der Waals surface area contributed by atoms with E-state index in [9.17, 15) is 9.59 Å². The Labute approximate surface area is 186 Å². The van der Waals surface area contributed by atoms with Crippen molar-refractivity contribution in [3.63, 3.8) is 0 Å². The number of carbonyl (C=O) groups is 2. The average molecular weight is 422 g/mol. The number of amides is 2. The highest BCUT2D eigenvalue weighted by atomic mass is 16.2. The zero-order valence-corrected chi connectivity index (χ0v) is 17.6. The molecule has 2 aromatic heterocycles. The molecule has 0 saturated heterocycles. The summed E-state index contributed by atoms with van der Waals surface area (Å²) in [5, 5.41) is 5.76. The molecular weight excluding hydrogens is 400 g/mol. The van der Waals surface area contributed by atoms with Crippen LogP contribution >= 0.6 is 0 Å². The summed E-state index contributed by atoms with van der Waals surface area (Å²) in [4.78, 5) is 33.2. The van der Waals surface area contributed by atoms with E-state index in [0.29, 0.717) is 23.5 Å². The minimum atomic E-state index is -0.240. The first kappa shape index (κ1) is 20.9. The van der Waals surface area contributed by atoms with Crippen LogP contribution in [0.2, 0.25) is 0 Å². The zero-order chi connectivity index (χ0) is 22.3. The Bertz CT molecular complexity index is 1220. The maximum Gasteiger partial charge on any atom is 0.270 e. The van der Waals surface area contributed by atoms with Crippen LogP contribution in [0.15, 0.2) is 91.3 Å². The third-order valence-electron chi connectivity index (χ3n) is 5.00. The molecule has 2 heterocycles. The van der Waals surface area contributed by atoms with Crippen LogP contribution in [0.25, 0.3) is 11.3 Å². The van der Waals surface area contributed by atoms with Gasteiger partial charge in [-0.1, -0.05) is 30.3 Å². The van der Waals surface area contributed by atoms with Gasteiger partial charge in [-0.25, -0.2) is 0 Å². The molecule has 6 heteroatoms. The number of anilines is 1. The number of hydrogen-bond donors (Lipinski definition) is 2. The lowest BCUT2D eigenvalue weighted by atomic mass is 10.0. The van der Waals surface area contributed by atoms with Crippen molar-refractivity contribution in [2.45, 2.75) is 13.5 Å². The van der Waals surface area contributed by atoms with E-state index >= 15 is 0 Å². The van der Waals surface area contributed by atoms with Crippen molar-refractivity contribution in [3.8, 4) is 11.3 Å². The fourth-order valence-corrected chi connectivity index (χ4v) is 3.25. The molecule has 158 valence electrons. The molecule has 0 saturated carbocycles. The first-order valence-electron chi connectivity index (χ1n) is 10.2. The largest absolute Gasteiger partial charge is 0.347 e. The number of nitrogens with one attached hydrogen (secondary N) is 2. The first-order chi connectivity index (χ1) is 15.6. The van der Waals surface area contributed by atoms with E-state index in [1.54, 1.807) is 42.7 Å². The summed E-state index contributed by atoms with van der Waals surface area (Å²) in [5.41, 5.74) is 5.40. The van der Waals surface area contributed by atoms with Gasteiger partial charge in [0.15, 0.2) is 0 Å². The Morgan fingerprint density at radius 1 is 0.812 bits per heavy atom. The number of hydrogen-bond acceptors (Lipinski definition) is 4. The molecule has 6 nitrogen and oxygen atoms in total. The number of carbonyl (C=O) groups excluding carboxylic acids is 2. The van der Waals surface area contributed by atoms with Crippen LogP contribution in [0.1, 0.15) is 32.0 Å². The smallest absolute Gasteiger partial charge is 0.270 e.